The molecule has 0 heterocycles. The molecular weight excluding hydrogens is 197 g/mol. The van der Waals surface area contributed by atoms with Crippen molar-refractivity contribution in [2.24, 2.45) is 0 Å². The number of anilines is 1. The molecule has 0 saturated carbocycles. The van der Waals surface area contributed by atoms with Gasteiger partial charge >= 0.3 is 0 Å². The zero-order valence-electron chi connectivity index (χ0n) is 8.58. The van der Waals surface area contributed by atoms with Gasteiger partial charge in [-0.1, -0.05) is 6.08 Å². The van der Waals surface area contributed by atoms with E-state index in [1.54, 1.807) is 13.0 Å². The maximum Gasteiger partial charge on any atom is 0.248 e. The van der Waals surface area contributed by atoms with Gasteiger partial charge in [0.1, 0.15) is 11.6 Å². The minimum atomic E-state index is -0.407. The van der Waals surface area contributed by atoms with Crippen molar-refractivity contribution in [1.29, 1.82) is 0 Å². The number of nitrogens with one attached hydrogen (secondary N) is 1. The Labute approximate surface area is 87.6 Å². The lowest BCUT2D eigenvalue weighted by atomic mass is 10.2. The zero-order valence-corrected chi connectivity index (χ0v) is 8.58. The summed E-state index contributed by atoms with van der Waals surface area (Å²) in [6, 6.07) is 3.93. The van der Waals surface area contributed by atoms with Crippen molar-refractivity contribution in [3.8, 4) is 5.75 Å². The van der Waals surface area contributed by atoms with E-state index in [1.165, 1.54) is 31.4 Å². The van der Waals surface area contributed by atoms with Gasteiger partial charge in [-0.2, -0.15) is 0 Å². The van der Waals surface area contributed by atoms with E-state index in [9.17, 15) is 9.18 Å². The highest BCUT2D eigenvalue weighted by molar-refractivity contribution is 6.00. The quantitative estimate of drug-likeness (QED) is 0.776. The summed E-state index contributed by atoms with van der Waals surface area (Å²) < 4.78 is 17.7. The van der Waals surface area contributed by atoms with Gasteiger partial charge in [-0.3, -0.25) is 4.79 Å². The normalized spacial score (nSPS) is 10.3. The van der Waals surface area contributed by atoms with Gasteiger partial charge in [0.05, 0.1) is 12.8 Å². The van der Waals surface area contributed by atoms with Crippen LogP contribution in [0.25, 0.3) is 0 Å². The van der Waals surface area contributed by atoms with Crippen LogP contribution in [0.3, 0.4) is 0 Å². The van der Waals surface area contributed by atoms with Gasteiger partial charge in [-0.05, 0) is 25.1 Å². The third kappa shape index (κ3) is 3.09. The Hall–Kier alpha value is -1.84. The second-order valence-electron chi connectivity index (χ2n) is 2.83. The maximum atomic E-state index is 12.8. The van der Waals surface area contributed by atoms with Crippen LogP contribution in [-0.4, -0.2) is 13.0 Å². The SMILES string of the molecule is CC=CC(=O)Nc1ccc(F)cc1OC. The lowest BCUT2D eigenvalue weighted by molar-refractivity contribution is -0.111. The van der Waals surface area contributed by atoms with Crippen LogP contribution in [-0.2, 0) is 4.79 Å². The molecule has 3 nitrogen and oxygen atoms in total. The van der Waals surface area contributed by atoms with Crippen molar-refractivity contribution >= 4 is 11.6 Å². The fraction of sp³-hybridized carbons (Fsp3) is 0.182. The van der Waals surface area contributed by atoms with Crippen molar-refractivity contribution in [2.45, 2.75) is 6.92 Å². The van der Waals surface area contributed by atoms with Crippen molar-refractivity contribution < 1.29 is 13.9 Å². The third-order valence-electron chi connectivity index (χ3n) is 1.74. The van der Waals surface area contributed by atoms with E-state index in [2.05, 4.69) is 5.32 Å². The molecule has 0 aliphatic rings. The van der Waals surface area contributed by atoms with Crippen LogP contribution < -0.4 is 10.1 Å². The van der Waals surface area contributed by atoms with Gasteiger partial charge in [0, 0.05) is 6.07 Å². The second kappa shape index (κ2) is 5.14. The molecule has 0 spiro atoms. The first-order valence-electron chi connectivity index (χ1n) is 4.44. The largest absolute Gasteiger partial charge is 0.494 e. The third-order valence-corrected chi connectivity index (χ3v) is 1.74. The molecule has 1 aromatic rings. The molecule has 0 fully saturated rings. The molecule has 1 aromatic carbocycles. The monoisotopic (exact) mass is 209 g/mol. The smallest absolute Gasteiger partial charge is 0.248 e. The number of hydrogen-bond donors (Lipinski definition) is 1. The molecule has 1 rings (SSSR count). The van der Waals surface area contributed by atoms with Crippen LogP contribution in [0, 0.1) is 5.82 Å². The maximum absolute atomic E-state index is 12.8. The fourth-order valence-electron chi connectivity index (χ4n) is 1.09. The number of allylic oxidation sites excluding steroid dienone is 1. The molecule has 0 aliphatic heterocycles. The molecule has 1 N–H and O–H groups in total. The number of hydrogen-bond acceptors (Lipinski definition) is 2. The Balaban J connectivity index is 2.89. The molecular formula is C11H12FNO2. The highest BCUT2D eigenvalue weighted by Crippen LogP contribution is 2.24. The molecule has 0 radical (unpaired) electrons. The Bertz CT molecular complexity index is 388. The first kappa shape index (κ1) is 11.2. The predicted octanol–water partition coefficient (Wildman–Crippen LogP) is 2.35. The molecule has 4 heteroatoms. The number of carbonyl (C=O) groups is 1. The Kier molecular flexibility index (Phi) is 3.85. The van der Waals surface area contributed by atoms with Crippen LogP contribution in [0.5, 0.6) is 5.75 Å². The van der Waals surface area contributed by atoms with Gasteiger partial charge in [-0.25, -0.2) is 4.39 Å². The summed E-state index contributed by atoms with van der Waals surface area (Å²) in [6.45, 7) is 1.74. The molecule has 15 heavy (non-hydrogen) atoms. The van der Waals surface area contributed by atoms with E-state index in [0.29, 0.717) is 11.4 Å². The summed E-state index contributed by atoms with van der Waals surface area (Å²) in [4.78, 5) is 11.2. The van der Waals surface area contributed by atoms with Gasteiger partial charge in [0.25, 0.3) is 0 Å². The second-order valence-corrected chi connectivity index (χ2v) is 2.83. The van der Waals surface area contributed by atoms with E-state index in [-0.39, 0.29) is 5.91 Å². The molecule has 80 valence electrons. The summed E-state index contributed by atoms with van der Waals surface area (Å²) in [5.41, 5.74) is 0.446. The van der Waals surface area contributed by atoms with E-state index >= 15 is 0 Å². The summed E-state index contributed by atoms with van der Waals surface area (Å²) in [6.07, 6.45) is 2.99. The van der Waals surface area contributed by atoms with E-state index in [4.69, 9.17) is 4.74 Å². The molecule has 0 unspecified atom stereocenters. The van der Waals surface area contributed by atoms with E-state index in [1.807, 2.05) is 0 Å². The van der Waals surface area contributed by atoms with Crippen molar-refractivity contribution in [2.75, 3.05) is 12.4 Å². The Morgan fingerprint density at radius 2 is 2.27 bits per heavy atom. The van der Waals surface area contributed by atoms with Gasteiger partial charge in [0.2, 0.25) is 5.91 Å². The highest BCUT2D eigenvalue weighted by atomic mass is 19.1. The predicted molar refractivity (Wildman–Crippen MR) is 56.4 cm³/mol. The van der Waals surface area contributed by atoms with Crippen molar-refractivity contribution in [1.82, 2.24) is 0 Å². The van der Waals surface area contributed by atoms with Crippen LogP contribution in [0.1, 0.15) is 6.92 Å². The number of methoxy groups -OCH3 is 1. The summed E-state index contributed by atoms with van der Waals surface area (Å²) in [7, 11) is 1.42. The lowest BCUT2D eigenvalue weighted by Gasteiger charge is -2.08. The van der Waals surface area contributed by atoms with Gasteiger partial charge in [0.15, 0.2) is 0 Å². The molecule has 0 aromatic heterocycles. The Morgan fingerprint density at radius 3 is 2.87 bits per heavy atom. The highest BCUT2D eigenvalue weighted by Gasteiger charge is 2.05. The van der Waals surface area contributed by atoms with Crippen molar-refractivity contribution in [3.63, 3.8) is 0 Å². The van der Waals surface area contributed by atoms with Crippen LogP contribution in [0.4, 0.5) is 10.1 Å². The number of benzene rings is 1. The minimum absolute atomic E-state index is 0.276. The van der Waals surface area contributed by atoms with Gasteiger partial charge < -0.3 is 10.1 Å². The van der Waals surface area contributed by atoms with Crippen LogP contribution in [0.2, 0.25) is 0 Å². The zero-order chi connectivity index (χ0) is 11.3. The molecule has 0 bridgehead atoms. The average molecular weight is 209 g/mol. The molecule has 0 atom stereocenters. The first-order valence-corrected chi connectivity index (χ1v) is 4.44. The first-order chi connectivity index (χ1) is 7.17. The number of amides is 1. The minimum Gasteiger partial charge on any atom is -0.494 e. The number of rotatable bonds is 3. The number of ether oxygens (including phenoxy) is 1. The van der Waals surface area contributed by atoms with Crippen LogP contribution >= 0.6 is 0 Å². The molecule has 1 amide bonds. The standard InChI is InChI=1S/C11H12FNO2/c1-3-4-11(14)13-9-6-5-8(12)7-10(9)15-2/h3-7H,1-2H3,(H,13,14). The average Bonchev–Trinajstić information content (AvgIpc) is 2.21. The number of halogens is 1. The Morgan fingerprint density at radius 1 is 1.53 bits per heavy atom. The van der Waals surface area contributed by atoms with Gasteiger partial charge in [-0.15, -0.1) is 0 Å². The molecule has 0 saturated heterocycles. The summed E-state index contributed by atoms with van der Waals surface area (Å²) in [5, 5.41) is 2.57. The topological polar surface area (TPSA) is 38.3 Å². The molecule has 0 aliphatic carbocycles. The number of carbonyl (C=O) groups excluding carboxylic acids is 1. The van der Waals surface area contributed by atoms with Crippen molar-refractivity contribution in [3.05, 3.63) is 36.2 Å². The fourth-order valence-corrected chi connectivity index (χ4v) is 1.09. The van der Waals surface area contributed by atoms with Crippen LogP contribution in [0.15, 0.2) is 30.4 Å². The van der Waals surface area contributed by atoms with E-state index in [0.717, 1.165) is 0 Å². The lowest BCUT2D eigenvalue weighted by Crippen LogP contribution is -2.08. The summed E-state index contributed by atoms with van der Waals surface area (Å²) in [5.74, 6) is -0.383. The van der Waals surface area contributed by atoms with E-state index < -0.39 is 5.82 Å². The summed E-state index contributed by atoms with van der Waals surface area (Å²) >= 11 is 0.